The van der Waals surface area contributed by atoms with Crippen LogP contribution < -0.4 is 4.74 Å². The fraction of sp³-hybridized carbons (Fsp3) is 0.556. The van der Waals surface area contributed by atoms with Gasteiger partial charge in [-0.1, -0.05) is 31.0 Å². The number of carbonyl (C=O) groups is 1. The molecule has 0 spiro atoms. The number of amides is 1. The first-order valence-electron chi connectivity index (χ1n) is 8.63. The quantitative estimate of drug-likeness (QED) is 0.887. The zero-order valence-electron chi connectivity index (χ0n) is 14.4. The maximum Gasteiger partial charge on any atom is 0.439 e. The van der Waals surface area contributed by atoms with E-state index in [0.717, 1.165) is 12.0 Å². The first-order valence-corrected chi connectivity index (χ1v) is 8.63. The average Bonchev–Trinajstić information content (AvgIpc) is 2.73. The van der Waals surface area contributed by atoms with E-state index in [1.165, 1.54) is 0 Å². The summed E-state index contributed by atoms with van der Waals surface area (Å²) in [6, 6.07) is 6.87. The molecule has 8 heteroatoms. The van der Waals surface area contributed by atoms with Gasteiger partial charge in [-0.2, -0.15) is 23.3 Å². The lowest BCUT2D eigenvalue weighted by molar-refractivity contribution is -0.317. The molecule has 0 saturated heterocycles. The van der Waals surface area contributed by atoms with E-state index < -0.39 is 30.3 Å². The number of benzene rings is 1. The molecular formula is C18H21F3N2O3. The smallest absolute Gasteiger partial charge is 0.439 e. The van der Waals surface area contributed by atoms with Crippen molar-refractivity contribution >= 4 is 11.6 Å². The second-order valence-corrected chi connectivity index (χ2v) is 6.73. The minimum atomic E-state index is -5.01. The second kappa shape index (κ2) is 6.90. The predicted octanol–water partition coefficient (Wildman–Crippen LogP) is 3.40. The van der Waals surface area contributed by atoms with Crippen molar-refractivity contribution in [3.8, 4) is 5.75 Å². The molecule has 1 amide bonds. The third-order valence-electron chi connectivity index (χ3n) is 4.96. The van der Waals surface area contributed by atoms with Gasteiger partial charge in [-0.15, -0.1) is 0 Å². The van der Waals surface area contributed by atoms with Crippen molar-refractivity contribution in [2.75, 3.05) is 6.61 Å². The van der Waals surface area contributed by atoms with E-state index >= 15 is 0 Å². The monoisotopic (exact) mass is 370 g/mol. The molecule has 0 aromatic heterocycles. The number of para-hydroxylation sites is 1. The summed E-state index contributed by atoms with van der Waals surface area (Å²) < 4.78 is 46.5. The van der Waals surface area contributed by atoms with Gasteiger partial charge in [0.1, 0.15) is 5.75 Å². The van der Waals surface area contributed by atoms with Crippen molar-refractivity contribution in [1.82, 2.24) is 5.01 Å². The van der Waals surface area contributed by atoms with Crippen molar-refractivity contribution in [2.45, 2.75) is 50.9 Å². The van der Waals surface area contributed by atoms with E-state index in [2.05, 4.69) is 5.10 Å². The number of rotatable bonds is 3. The van der Waals surface area contributed by atoms with Gasteiger partial charge in [0.2, 0.25) is 0 Å². The van der Waals surface area contributed by atoms with Crippen LogP contribution in [-0.4, -0.2) is 40.2 Å². The summed E-state index contributed by atoms with van der Waals surface area (Å²) in [7, 11) is 0. The molecule has 2 unspecified atom stereocenters. The Morgan fingerprint density at radius 1 is 1.35 bits per heavy atom. The molecule has 2 aliphatic rings. The number of nitrogens with zero attached hydrogens (tertiary/aromatic N) is 2. The molecule has 1 aromatic carbocycles. The van der Waals surface area contributed by atoms with Gasteiger partial charge in [0, 0.05) is 5.71 Å². The number of carbonyl (C=O) groups excluding carboxylic acids is 1. The number of aryl methyl sites for hydroxylation is 1. The lowest BCUT2D eigenvalue weighted by atomic mass is 9.87. The summed E-state index contributed by atoms with van der Waals surface area (Å²) >= 11 is 0. The molecule has 1 heterocycles. The van der Waals surface area contributed by atoms with Gasteiger partial charge in [0.25, 0.3) is 11.6 Å². The standard InChI is InChI=1S/C18H21F3N2O3/c1-12-7-5-6-10-15(12)26-11-16(24)23-17(25,18(19,20)21)13-8-3-2-4-9-14(13)22-23/h5-7,10,13,25H,2-4,8-9,11H2,1H3. The van der Waals surface area contributed by atoms with Crippen LogP contribution in [-0.2, 0) is 4.79 Å². The third kappa shape index (κ3) is 3.18. The van der Waals surface area contributed by atoms with Crippen LogP contribution in [0.3, 0.4) is 0 Å². The van der Waals surface area contributed by atoms with Gasteiger partial charge >= 0.3 is 6.18 Å². The molecule has 1 aliphatic carbocycles. The van der Waals surface area contributed by atoms with Crippen LogP contribution in [0.2, 0.25) is 0 Å². The van der Waals surface area contributed by atoms with Crippen LogP contribution in [0.15, 0.2) is 29.4 Å². The first kappa shape index (κ1) is 18.7. The average molecular weight is 370 g/mol. The Morgan fingerprint density at radius 3 is 2.77 bits per heavy atom. The van der Waals surface area contributed by atoms with Crippen molar-refractivity contribution in [2.24, 2.45) is 11.0 Å². The minimum absolute atomic E-state index is 0.150. The van der Waals surface area contributed by atoms with Gasteiger partial charge in [0.05, 0.1) is 5.92 Å². The van der Waals surface area contributed by atoms with Crippen LogP contribution in [0.4, 0.5) is 13.2 Å². The Balaban J connectivity index is 1.84. The number of ether oxygens (including phenoxy) is 1. The van der Waals surface area contributed by atoms with Crippen LogP contribution in [0, 0.1) is 12.8 Å². The van der Waals surface area contributed by atoms with E-state index in [0.29, 0.717) is 25.0 Å². The number of hydrogen-bond donors (Lipinski definition) is 1. The van der Waals surface area contributed by atoms with Gasteiger partial charge in [-0.25, -0.2) is 0 Å². The summed E-state index contributed by atoms with van der Waals surface area (Å²) in [4.78, 5) is 12.5. The molecule has 1 aromatic rings. The summed E-state index contributed by atoms with van der Waals surface area (Å²) in [5.41, 5.74) is -2.31. The van der Waals surface area contributed by atoms with Gasteiger partial charge in [-0.05, 0) is 37.8 Å². The van der Waals surface area contributed by atoms with Gasteiger partial charge in [-0.3, -0.25) is 4.79 Å². The summed E-state index contributed by atoms with van der Waals surface area (Å²) in [5, 5.41) is 14.6. The molecule has 1 fully saturated rings. The number of hydrazone groups is 1. The molecule has 1 saturated carbocycles. The largest absolute Gasteiger partial charge is 0.483 e. The highest BCUT2D eigenvalue weighted by atomic mass is 19.4. The van der Waals surface area contributed by atoms with Crippen molar-refractivity contribution in [1.29, 1.82) is 0 Å². The molecule has 0 radical (unpaired) electrons. The normalized spacial score (nSPS) is 26.1. The lowest BCUT2D eigenvalue weighted by Crippen LogP contribution is -2.61. The summed E-state index contributed by atoms with van der Waals surface area (Å²) in [6.45, 7) is 1.13. The van der Waals surface area contributed by atoms with Crippen LogP contribution in [0.1, 0.15) is 37.7 Å². The van der Waals surface area contributed by atoms with Crippen LogP contribution in [0.25, 0.3) is 0 Å². The third-order valence-corrected chi connectivity index (χ3v) is 4.96. The molecule has 2 atom stereocenters. The topological polar surface area (TPSA) is 62.1 Å². The highest BCUT2D eigenvalue weighted by Crippen LogP contribution is 2.47. The highest BCUT2D eigenvalue weighted by molar-refractivity contribution is 5.93. The van der Waals surface area contributed by atoms with Crippen molar-refractivity contribution < 1.29 is 27.8 Å². The van der Waals surface area contributed by atoms with Crippen molar-refractivity contribution in [3.63, 3.8) is 0 Å². The van der Waals surface area contributed by atoms with Gasteiger partial charge < -0.3 is 9.84 Å². The second-order valence-electron chi connectivity index (χ2n) is 6.73. The Kier molecular flexibility index (Phi) is 4.96. The fourth-order valence-electron chi connectivity index (χ4n) is 3.56. The van der Waals surface area contributed by atoms with Gasteiger partial charge in [0.15, 0.2) is 6.61 Å². The Hall–Kier alpha value is -2.09. The molecule has 5 nitrogen and oxygen atoms in total. The summed E-state index contributed by atoms with van der Waals surface area (Å²) in [6.07, 6.45) is -2.46. The highest BCUT2D eigenvalue weighted by Gasteiger charge is 2.68. The number of fused-ring (bicyclic) bond motifs is 1. The number of aliphatic hydroxyl groups is 1. The Morgan fingerprint density at radius 2 is 2.08 bits per heavy atom. The van der Waals surface area contributed by atoms with E-state index in [1.54, 1.807) is 31.2 Å². The number of alkyl halides is 3. The van der Waals surface area contributed by atoms with E-state index in [1.807, 2.05) is 0 Å². The lowest BCUT2D eigenvalue weighted by Gasteiger charge is -2.37. The Labute approximate surface area is 149 Å². The molecule has 1 N–H and O–H groups in total. The van der Waals surface area contributed by atoms with Crippen LogP contribution >= 0.6 is 0 Å². The van der Waals surface area contributed by atoms with Crippen molar-refractivity contribution in [3.05, 3.63) is 29.8 Å². The Bertz CT molecular complexity index is 720. The molecule has 0 bridgehead atoms. The maximum atomic E-state index is 13.7. The number of halogens is 3. The van der Waals surface area contributed by atoms with E-state index in [-0.39, 0.29) is 17.1 Å². The fourth-order valence-corrected chi connectivity index (χ4v) is 3.56. The maximum absolute atomic E-state index is 13.7. The molecule has 142 valence electrons. The van der Waals surface area contributed by atoms with Crippen LogP contribution in [0.5, 0.6) is 5.75 Å². The first-order chi connectivity index (χ1) is 12.2. The number of hydrogen-bond acceptors (Lipinski definition) is 4. The zero-order valence-corrected chi connectivity index (χ0v) is 14.4. The molecule has 1 aliphatic heterocycles. The molecular weight excluding hydrogens is 349 g/mol. The van der Waals surface area contributed by atoms with E-state index in [9.17, 15) is 23.1 Å². The minimum Gasteiger partial charge on any atom is -0.483 e. The zero-order chi connectivity index (χ0) is 18.9. The molecule has 26 heavy (non-hydrogen) atoms. The predicted molar refractivity (Wildman–Crippen MR) is 88.5 cm³/mol. The van der Waals surface area contributed by atoms with E-state index in [4.69, 9.17) is 4.74 Å². The summed E-state index contributed by atoms with van der Waals surface area (Å²) in [5.74, 6) is -1.83. The molecule has 3 rings (SSSR count). The SMILES string of the molecule is Cc1ccccc1OCC(=O)N1N=C2CCCCCC2C1(O)C(F)(F)F.